The Hall–Kier alpha value is -1.56. The number of nitrogens with one attached hydrogen (secondary N) is 1. The lowest BCUT2D eigenvalue weighted by Gasteiger charge is -2.10. The van der Waals surface area contributed by atoms with Gasteiger partial charge in [-0.3, -0.25) is 9.00 Å². The Balaban J connectivity index is 2.77. The molecule has 1 aromatic carbocycles. The molecule has 0 heterocycles. The molecule has 1 rings (SSSR count). The van der Waals surface area contributed by atoms with E-state index in [9.17, 15) is 9.00 Å². The van der Waals surface area contributed by atoms with Gasteiger partial charge in [0.1, 0.15) is 0 Å². The van der Waals surface area contributed by atoms with Crippen LogP contribution in [0.2, 0.25) is 0 Å². The van der Waals surface area contributed by atoms with Crippen molar-refractivity contribution in [2.75, 3.05) is 29.6 Å². The highest BCUT2D eigenvalue weighted by atomic mass is 32.2. The van der Waals surface area contributed by atoms with E-state index in [1.165, 1.54) is 0 Å². The first-order chi connectivity index (χ1) is 7.52. The highest BCUT2D eigenvalue weighted by Crippen LogP contribution is 2.21. The molecule has 1 aromatic rings. The first-order valence-corrected chi connectivity index (χ1v) is 6.47. The zero-order valence-corrected chi connectivity index (χ0v) is 9.84. The van der Waals surface area contributed by atoms with Gasteiger partial charge in [-0.2, -0.15) is 0 Å². The van der Waals surface area contributed by atoms with Gasteiger partial charge >= 0.3 is 0 Å². The Labute approximate surface area is 96.7 Å². The van der Waals surface area contributed by atoms with Crippen LogP contribution >= 0.6 is 0 Å². The minimum Gasteiger partial charge on any atom is -0.396 e. The fourth-order valence-electron chi connectivity index (χ4n) is 1.26. The van der Waals surface area contributed by atoms with Crippen molar-refractivity contribution in [1.29, 1.82) is 0 Å². The molecule has 5 nitrogen and oxygen atoms in total. The molecule has 16 heavy (non-hydrogen) atoms. The number of carbonyl (C=O) groups is 1. The Bertz CT molecular complexity index is 421. The van der Waals surface area contributed by atoms with Crippen LogP contribution < -0.4 is 16.8 Å². The van der Waals surface area contributed by atoms with E-state index in [1.807, 2.05) is 0 Å². The van der Waals surface area contributed by atoms with E-state index in [-0.39, 0.29) is 0 Å². The summed E-state index contributed by atoms with van der Waals surface area (Å²) in [5.74, 6) is -0.0273. The van der Waals surface area contributed by atoms with Crippen molar-refractivity contribution in [2.24, 2.45) is 5.73 Å². The molecule has 0 fully saturated rings. The predicted octanol–water partition coefficient (Wildman–Crippen LogP) is 0.158. The molecular formula is C10H15N3O2S. The van der Waals surface area contributed by atoms with E-state index >= 15 is 0 Å². The summed E-state index contributed by atoms with van der Waals surface area (Å²) in [7, 11) is -0.855. The maximum absolute atomic E-state index is 11.0. The third-order valence-corrected chi connectivity index (χ3v) is 2.86. The van der Waals surface area contributed by atoms with E-state index in [0.717, 1.165) is 0 Å². The Morgan fingerprint density at radius 1 is 1.50 bits per heavy atom. The molecule has 5 N–H and O–H groups in total. The highest BCUT2D eigenvalue weighted by Gasteiger charge is 2.08. The standard InChI is InChI=1S/C10H15N3O2S/c1-16(15)6-5-13-8-4-2-3-7(9(8)11)10(12)14/h2-4,13H,5-6,11H2,1H3,(H2,12,14). The van der Waals surface area contributed by atoms with Gasteiger partial charge in [-0.05, 0) is 12.1 Å². The topological polar surface area (TPSA) is 98.2 Å². The number of para-hydroxylation sites is 1. The Morgan fingerprint density at radius 3 is 2.75 bits per heavy atom. The van der Waals surface area contributed by atoms with Crippen LogP contribution in [0.1, 0.15) is 10.4 Å². The monoisotopic (exact) mass is 241 g/mol. The van der Waals surface area contributed by atoms with Crippen molar-refractivity contribution in [3.8, 4) is 0 Å². The minimum atomic E-state index is -0.855. The average molecular weight is 241 g/mol. The molecule has 0 aliphatic rings. The van der Waals surface area contributed by atoms with Gasteiger partial charge in [0.15, 0.2) is 0 Å². The summed E-state index contributed by atoms with van der Waals surface area (Å²) in [6.45, 7) is 0.537. The molecule has 0 spiro atoms. The van der Waals surface area contributed by atoms with Gasteiger partial charge in [-0.15, -0.1) is 0 Å². The highest BCUT2D eigenvalue weighted by molar-refractivity contribution is 7.84. The number of amides is 1. The summed E-state index contributed by atoms with van der Waals surface area (Å²) in [4.78, 5) is 11.0. The van der Waals surface area contributed by atoms with E-state index < -0.39 is 16.7 Å². The minimum absolute atomic E-state index is 0.294. The molecule has 88 valence electrons. The van der Waals surface area contributed by atoms with Gasteiger partial charge in [-0.25, -0.2) is 0 Å². The SMILES string of the molecule is CS(=O)CCNc1cccc(C(N)=O)c1N. The van der Waals surface area contributed by atoms with Crippen molar-refractivity contribution in [3.05, 3.63) is 23.8 Å². The van der Waals surface area contributed by atoms with Crippen LogP contribution in [0.3, 0.4) is 0 Å². The summed E-state index contributed by atoms with van der Waals surface area (Å²) in [5, 5.41) is 3.01. The van der Waals surface area contributed by atoms with E-state index in [2.05, 4.69) is 5.32 Å². The average Bonchev–Trinajstić information content (AvgIpc) is 2.19. The zero-order valence-electron chi connectivity index (χ0n) is 9.03. The lowest BCUT2D eigenvalue weighted by atomic mass is 10.1. The molecule has 0 aromatic heterocycles. The summed E-state index contributed by atoms with van der Waals surface area (Å²) in [5.41, 5.74) is 12.2. The number of hydrogen-bond acceptors (Lipinski definition) is 4. The molecule has 1 atom stereocenters. The van der Waals surface area contributed by atoms with Crippen LogP contribution in [-0.4, -0.2) is 28.7 Å². The van der Waals surface area contributed by atoms with Crippen LogP contribution in [0.25, 0.3) is 0 Å². The lowest BCUT2D eigenvalue weighted by Crippen LogP contribution is -2.16. The van der Waals surface area contributed by atoms with Gasteiger partial charge in [0, 0.05) is 29.4 Å². The smallest absolute Gasteiger partial charge is 0.250 e. The number of primary amides is 1. The Kier molecular flexibility index (Phi) is 4.30. The predicted molar refractivity (Wildman–Crippen MR) is 66.8 cm³/mol. The van der Waals surface area contributed by atoms with Crippen LogP contribution in [0.4, 0.5) is 11.4 Å². The molecule has 0 saturated heterocycles. The van der Waals surface area contributed by atoms with E-state index in [1.54, 1.807) is 24.5 Å². The first-order valence-electron chi connectivity index (χ1n) is 4.74. The molecule has 0 aliphatic heterocycles. The number of rotatable bonds is 5. The summed E-state index contributed by atoms with van der Waals surface area (Å²) < 4.78 is 10.9. The van der Waals surface area contributed by atoms with Crippen molar-refractivity contribution in [2.45, 2.75) is 0 Å². The molecule has 0 aliphatic carbocycles. The molecule has 0 saturated carbocycles. The normalized spacial score (nSPS) is 12.1. The molecular weight excluding hydrogens is 226 g/mol. The van der Waals surface area contributed by atoms with Crippen LogP contribution in [0.15, 0.2) is 18.2 Å². The maximum atomic E-state index is 11.0. The first kappa shape index (κ1) is 12.5. The summed E-state index contributed by atoms with van der Waals surface area (Å²) >= 11 is 0. The van der Waals surface area contributed by atoms with Crippen molar-refractivity contribution in [1.82, 2.24) is 0 Å². The van der Waals surface area contributed by atoms with Gasteiger partial charge in [0.25, 0.3) is 5.91 Å². The number of carbonyl (C=O) groups excluding carboxylic acids is 1. The second-order valence-corrected chi connectivity index (χ2v) is 4.89. The number of hydrogen-bond donors (Lipinski definition) is 3. The summed E-state index contributed by atoms with van der Waals surface area (Å²) in [6, 6.07) is 5.02. The molecule has 0 radical (unpaired) electrons. The molecule has 1 unspecified atom stereocenters. The van der Waals surface area contributed by atoms with Crippen molar-refractivity contribution >= 4 is 28.1 Å². The van der Waals surface area contributed by atoms with Crippen molar-refractivity contribution in [3.63, 3.8) is 0 Å². The summed E-state index contributed by atoms with van der Waals surface area (Å²) in [6.07, 6.45) is 1.63. The van der Waals surface area contributed by atoms with E-state index in [4.69, 9.17) is 11.5 Å². The largest absolute Gasteiger partial charge is 0.396 e. The number of nitrogen functional groups attached to an aromatic ring is 1. The Morgan fingerprint density at radius 2 is 2.19 bits per heavy atom. The molecule has 0 bridgehead atoms. The van der Waals surface area contributed by atoms with E-state index in [0.29, 0.717) is 29.2 Å². The third kappa shape index (κ3) is 3.23. The zero-order chi connectivity index (χ0) is 12.1. The van der Waals surface area contributed by atoms with Crippen LogP contribution in [-0.2, 0) is 10.8 Å². The molecule has 6 heteroatoms. The second-order valence-electron chi connectivity index (χ2n) is 3.34. The van der Waals surface area contributed by atoms with Crippen LogP contribution in [0.5, 0.6) is 0 Å². The van der Waals surface area contributed by atoms with Gasteiger partial charge < -0.3 is 16.8 Å². The van der Waals surface area contributed by atoms with Crippen LogP contribution in [0, 0.1) is 0 Å². The quantitative estimate of drug-likeness (QED) is 0.639. The van der Waals surface area contributed by atoms with Gasteiger partial charge in [0.2, 0.25) is 0 Å². The fraction of sp³-hybridized carbons (Fsp3) is 0.300. The third-order valence-electron chi connectivity index (χ3n) is 2.08. The van der Waals surface area contributed by atoms with Crippen molar-refractivity contribution < 1.29 is 9.00 Å². The lowest BCUT2D eigenvalue weighted by molar-refractivity contribution is 0.100. The van der Waals surface area contributed by atoms with Gasteiger partial charge in [0.05, 0.1) is 16.9 Å². The number of nitrogens with two attached hydrogens (primary N) is 2. The number of benzene rings is 1. The second kappa shape index (κ2) is 5.50. The number of anilines is 2. The maximum Gasteiger partial charge on any atom is 0.250 e. The molecule has 1 amide bonds. The fourth-order valence-corrected chi connectivity index (χ4v) is 1.65. The van der Waals surface area contributed by atoms with Gasteiger partial charge in [-0.1, -0.05) is 6.07 Å².